The van der Waals surface area contributed by atoms with Crippen LogP contribution in [0.1, 0.15) is 136 Å². The number of benzene rings is 1. The molecule has 4 N–H and O–H groups in total. The standard InChI is InChI=1S/C45H56N8O6/c1-27(2)37(50-43(56)58-5)41(54)52-19-9-11-35(52)39-46-25-32(48-39)15-13-29-21-30(34-24-45(17-7-8-18-45)23-31(34)22-29)14-16-33-26-47-40(49-33)36-12-10-20-53(36)42(55)38(28(3)4)51-44(57)59-6/h21-22,25-28,35-38H,7-12,17-20,23-24H2,1-6H3,(H,46,48)(H,47,49)(H,50,56)(H,51,57)/t35-,36-,37-,38-/m0/s1. The second-order valence-electron chi connectivity index (χ2n) is 17.2. The molecule has 2 aliphatic carbocycles. The second kappa shape index (κ2) is 17.6. The molecule has 2 saturated heterocycles. The minimum atomic E-state index is -0.706. The summed E-state index contributed by atoms with van der Waals surface area (Å²) in [6.45, 7) is 8.74. The van der Waals surface area contributed by atoms with Gasteiger partial charge in [0.25, 0.3) is 0 Å². The summed E-state index contributed by atoms with van der Waals surface area (Å²) in [5.74, 6) is 14.3. The van der Waals surface area contributed by atoms with Gasteiger partial charge in [0.2, 0.25) is 11.8 Å². The Morgan fingerprint density at radius 2 is 1.24 bits per heavy atom. The van der Waals surface area contributed by atoms with E-state index in [-0.39, 0.29) is 41.1 Å². The lowest BCUT2D eigenvalue weighted by Crippen LogP contribution is -2.51. The quantitative estimate of drug-likeness (QED) is 0.211. The maximum Gasteiger partial charge on any atom is 0.407 e. The van der Waals surface area contributed by atoms with Crippen LogP contribution in [-0.4, -0.2) is 93.1 Å². The lowest BCUT2D eigenvalue weighted by Gasteiger charge is -2.29. The highest BCUT2D eigenvalue weighted by Gasteiger charge is 2.41. The van der Waals surface area contributed by atoms with Crippen LogP contribution in [0.2, 0.25) is 0 Å². The van der Waals surface area contributed by atoms with Crippen molar-refractivity contribution < 1.29 is 28.7 Å². The van der Waals surface area contributed by atoms with Crippen molar-refractivity contribution in [1.82, 2.24) is 40.4 Å². The summed E-state index contributed by atoms with van der Waals surface area (Å²) in [6.07, 6.45) is 12.3. The monoisotopic (exact) mass is 804 g/mol. The van der Waals surface area contributed by atoms with Gasteiger partial charge in [-0.1, -0.05) is 52.4 Å². The summed E-state index contributed by atoms with van der Waals surface area (Å²) < 4.78 is 9.55. The Labute approximate surface area is 346 Å². The Bertz CT molecular complexity index is 2190. The molecule has 2 aliphatic heterocycles. The fraction of sp³-hybridized carbons (Fsp3) is 0.556. The van der Waals surface area contributed by atoms with E-state index in [9.17, 15) is 19.2 Å². The van der Waals surface area contributed by atoms with E-state index in [0.29, 0.717) is 36.1 Å². The number of rotatable bonds is 8. The van der Waals surface area contributed by atoms with Gasteiger partial charge in [-0.25, -0.2) is 19.6 Å². The molecule has 1 saturated carbocycles. The van der Waals surface area contributed by atoms with Gasteiger partial charge in [-0.05, 0) is 104 Å². The number of imidazole rings is 2. The molecule has 59 heavy (non-hydrogen) atoms. The van der Waals surface area contributed by atoms with Crippen LogP contribution in [-0.2, 0) is 31.9 Å². The topological polar surface area (TPSA) is 175 Å². The zero-order chi connectivity index (χ0) is 41.8. The van der Waals surface area contributed by atoms with E-state index in [1.54, 1.807) is 22.2 Å². The fourth-order valence-corrected chi connectivity index (χ4v) is 9.40. The van der Waals surface area contributed by atoms with Gasteiger partial charge in [-0.15, -0.1) is 0 Å². The van der Waals surface area contributed by atoms with E-state index in [2.05, 4.69) is 66.4 Å². The van der Waals surface area contributed by atoms with Gasteiger partial charge in [0, 0.05) is 24.2 Å². The summed E-state index contributed by atoms with van der Waals surface area (Å²) in [5.41, 5.74) is 6.03. The molecule has 4 heterocycles. The van der Waals surface area contributed by atoms with E-state index >= 15 is 0 Å². The fourth-order valence-electron chi connectivity index (χ4n) is 9.40. The molecule has 1 aromatic carbocycles. The molecule has 4 amide bonds. The highest BCUT2D eigenvalue weighted by molar-refractivity contribution is 5.87. The summed E-state index contributed by atoms with van der Waals surface area (Å²) in [7, 11) is 2.58. The molecule has 1 spiro atoms. The van der Waals surface area contributed by atoms with Gasteiger partial charge in [-0.3, -0.25) is 9.59 Å². The molecule has 4 atom stereocenters. The highest BCUT2D eigenvalue weighted by Crippen LogP contribution is 2.49. The van der Waals surface area contributed by atoms with Crippen LogP contribution in [0, 0.1) is 40.9 Å². The Morgan fingerprint density at radius 3 is 1.73 bits per heavy atom. The molecule has 312 valence electrons. The number of aromatic nitrogens is 4. The van der Waals surface area contributed by atoms with E-state index < -0.39 is 24.3 Å². The number of carbonyl (C=O) groups excluding carboxylic acids is 4. The Hall–Kier alpha value is -5.76. The van der Waals surface area contributed by atoms with Crippen LogP contribution in [0.5, 0.6) is 0 Å². The van der Waals surface area contributed by atoms with Crippen molar-refractivity contribution in [3.63, 3.8) is 0 Å². The van der Waals surface area contributed by atoms with Crippen molar-refractivity contribution in [2.75, 3.05) is 27.3 Å². The van der Waals surface area contributed by atoms with Crippen molar-refractivity contribution in [2.24, 2.45) is 17.3 Å². The van der Waals surface area contributed by atoms with Crippen molar-refractivity contribution in [2.45, 2.75) is 116 Å². The predicted molar refractivity (Wildman–Crippen MR) is 220 cm³/mol. The number of alkyl carbamates (subject to hydrolysis) is 2. The van der Waals surface area contributed by atoms with E-state index in [1.807, 2.05) is 27.7 Å². The summed E-state index contributed by atoms with van der Waals surface area (Å²) in [4.78, 5) is 71.0. The number of aromatic amines is 2. The molecule has 14 nitrogen and oxygen atoms in total. The highest BCUT2D eigenvalue weighted by atomic mass is 16.5. The van der Waals surface area contributed by atoms with Gasteiger partial charge in [0.05, 0.1) is 38.7 Å². The molecule has 2 aromatic heterocycles. The Morgan fingerprint density at radius 1 is 0.729 bits per heavy atom. The Balaban J connectivity index is 1.11. The molecular formula is C45H56N8O6. The Kier molecular flexibility index (Phi) is 12.4. The molecule has 3 aromatic rings. The summed E-state index contributed by atoms with van der Waals surface area (Å²) in [6, 6.07) is 2.39. The van der Waals surface area contributed by atoms with Crippen LogP contribution >= 0.6 is 0 Å². The lowest BCUT2D eigenvalue weighted by atomic mass is 9.83. The third kappa shape index (κ3) is 8.97. The zero-order valence-corrected chi connectivity index (χ0v) is 35.0. The van der Waals surface area contributed by atoms with Crippen LogP contribution in [0.15, 0.2) is 24.5 Å². The van der Waals surface area contributed by atoms with Crippen LogP contribution in [0.3, 0.4) is 0 Å². The van der Waals surface area contributed by atoms with Crippen molar-refractivity contribution in [3.8, 4) is 23.7 Å². The van der Waals surface area contributed by atoms with Gasteiger partial charge in [-0.2, -0.15) is 0 Å². The van der Waals surface area contributed by atoms with Crippen molar-refractivity contribution in [1.29, 1.82) is 0 Å². The lowest BCUT2D eigenvalue weighted by molar-refractivity contribution is -0.136. The minimum Gasteiger partial charge on any atom is -0.453 e. The number of H-pyrrole nitrogens is 2. The number of hydrogen-bond acceptors (Lipinski definition) is 8. The molecule has 0 bridgehead atoms. The van der Waals surface area contributed by atoms with Crippen LogP contribution < -0.4 is 10.6 Å². The zero-order valence-electron chi connectivity index (χ0n) is 35.0. The normalized spacial score (nSPS) is 20.1. The number of methoxy groups -OCH3 is 2. The van der Waals surface area contributed by atoms with Crippen molar-refractivity contribution in [3.05, 3.63) is 69.8 Å². The maximum atomic E-state index is 13.6. The van der Waals surface area contributed by atoms with Gasteiger partial charge in [0.15, 0.2) is 0 Å². The predicted octanol–water partition coefficient (Wildman–Crippen LogP) is 5.68. The van der Waals surface area contributed by atoms with Gasteiger partial charge in [0.1, 0.15) is 35.1 Å². The second-order valence-corrected chi connectivity index (χ2v) is 17.2. The smallest absolute Gasteiger partial charge is 0.407 e. The number of ether oxygens (including phenoxy) is 2. The first kappa shape index (κ1) is 41.4. The van der Waals surface area contributed by atoms with Crippen LogP contribution in [0.25, 0.3) is 0 Å². The maximum absolute atomic E-state index is 13.6. The number of carbonyl (C=O) groups is 4. The molecular weight excluding hydrogens is 749 g/mol. The molecule has 4 aliphatic rings. The number of likely N-dealkylation sites (tertiary alicyclic amines) is 2. The third-order valence-electron chi connectivity index (χ3n) is 12.5. The number of hydrogen-bond donors (Lipinski definition) is 4. The number of nitrogens with zero attached hydrogens (tertiary/aromatic N) is 4. The average Bonchev–Trinajstić information content (AvgIpc) is 4.08. The average molecular weight is 805 g/mol. The molecule has 3 fully saturated rings. The molecule has 0 unspecified atom stereocenters. The first-order valence-corrected chi connectivity index (χ1v) is 21.0. The van der Waals surface area contributed by atoms with Crippen LogP contribution in [0.4, 0.5) is 9.59 Å². The van der Waals surface area contributed by atoms with E-state index in [4.69, 9.17) is 9.47 Å². The molecule has 0 radical (unpaired) electrons. The first-order valence-electron chi connectivity index (χ1n) is 21.0. The van der Waals surface area contributed by atoms with Gasteiger partial charge < -0.3 is 39.9 Å². The summed E-state index contributed by atoms with van der Waals surface area (Å²) >= 11 is 0. The number of amides is 4. The SMILES string of the molecule is COC(=O)N[C@H](C(=O)N1CCC[C@H]1c1ncc(C#Cc2cc(C#Cc3cnc([C@@H]4CCCN4C(=O)[C@@H](NC(=O)OC)C(C)C)[nH]3)c3c(c2)CC2(CCCC2)C3)[nH]1)C(C)C. The number of nitrogens with one attached hydrogen (secondary N) is 4. The first-order chi connectivity index (χ1) is 28.4. The third-order valence-corrected chi connectivity index (χ3v) is 12.5. The van der Waals surface area contributed by atoms with E-state index in [0.717, 1.165) is 49.7 Å². The van der Waals surface area contributed by atoms with E-state index in [1.165, 1.54) is 51.0 Å². The minimum absolute atomic E-state index is 0.120. The summed E-state index contributed by atoms with van der Waals surface area (Å²) in [5, 5.41) is 5.40. The molecule has 7 rings (SSSR count). The number of fused-ring (bicyclic) bond motifs is 1. The largest absolute Gasteiger partial charge is 0.453 e. The van der Waals surface area contributed by atoms with Gasteiger partial charge >= 0.3 is 12.2 Å². The molecule has 14 heteroatoms. The van der Waals surface area contributed by atoms with Crippen molar-refractivity contribution >= 4 is 24.0 Å².